The van der Waals surface area contributed by atoms with E-state index in [4.69, 9.17) is 16.3 Å². The summed E-state index contributed by atoms with van der Waals surface area (Å²) in [5, 5.41) is 4.18. The third-order valence-electron chi connectivity index (χ3n) is 4.62. The van der Waals surface area contributed by atoms with E-state index in [-0.39, 0.29) is 11.1 Å². The molecule has 0 fully saturated rings. The zero-order valence-corrected chi connectivity index (χ0v) is 19.6. The molecule has 0 aliphatic heterocycles. The van der Waals surface area contributed by atoms with Crippen molar-refractivity contribution in [2.24, 2.45) is 0 Å². The molecule has 0 radical (unpaired) electrons. The van der Waals surface area contributed by atoms with Crippen LogP contribution in [0.5, 0.6) is 0 Å². The van der Waals surface area contributed by atoms with Crippen molar-refractivity contribution in [1.82, 2.24) is 15.5 Å². The van der Waals surface area contributed by atoms with Crippen molar-refractivity contribution in [3.63, 3.8) is 0 Å². The summed E-state index contributed by atoms with van der Waals surface area (Å²) in [6, 6.07) is 8.18. The SMILES string of the molecule is CNC(=O)C(NC(=O)c1ccc(F)cc1C(F)(F)F)C(OC(=O)N(C)C)C(Cl)=Cc1ccccc1. The van der Waals surface area contributed by atoms with Gasteiger partial charge >= 0.3 is 12.3 Å². The Kier molecular flexibility index (Phi) is 9.24. The maximum Gasteiger partial charge on any atom is 0.417 e. The highest BCUT2D eigenvalue weighted by Crippen LogP contribution is 2.33. The van der Waals surface area contributed by atoms with Crippen LogP contribution >= 0.6 is 11.6 Å². The standard InChI is InChI=1S/C23H22ClF4N3O4/c1-29-21(33)18(30-20(32)15-10-9-14(25)12-16(15)23(26,27)28)19(35-22(34)31(2)3)17(24)11-13-7-5-4-6-8-13/h4-12,18-19H,1-3H3,(H,29,33)(H,30,32). The van der Waals surface area contributed by atoms with Crippen molar-refractivity contribution < 1.29 is 36.7 Å². The fourth-order valence-corrected chi connectivity index (χ4v) is 3.19. The van der Waals surface area contributed by atoms with Gasteiger partial charge in [0.1, 0.15) is 5.82 Å². The van der Waals surface area contributed by atoms with Crippen molar-refractivity contribution >= 4 is 35.6 Å². The maximum atomic E-state index is 13.5. The first-order valence-electron chi connectivity index (χ1n) is 10.0. The molecule has 0 heterocycles. The van der Waals surface area contributed by atoms with Gasteiger partial charge in [0, 0.05) is 21.1 Å². The Labute approximate surface area is 203 Å². The van der Waals surface area contributed by atoms with Crippen molar-refractivity contribution in [1.29, 1.82) is 0 Å². The molecule has 2 aromatic carbocycles. The molecule has 0 saturated carbocycles. The summed E-state index contributed by atoms with van der Waals surface area (Å²) in [6.07, 6.45) is -6.24. The Morgan fingerprint density at radius 2 is 1.71 bits per heavy atom. The second-order valence-corrected chi connectivity index (χ2v) is 7.83. The first-order chi connectivity index (χ1) is 16.3. The van der Waals surface area contributed by atoms with Gasteiger partial charge in [-0.05, 0) is 29.8 Å². The minimum Gasteiger partial charge on any atom is -0.437 e. The molecule has 12 heteroatoms. The van der Waals surface area contributed by atoms with Crippen molar-refractivity contribution in [2.75, 3.05) is 21.1 Å². The van der Waals surface area contributed by atoms with Crippen LogP contribution in [0.4, 0.5) is 22.4 Å². The molecule has 2 unspecified atom stereocenters. The van der Waals surface area contributed by atoms with Gasteiger partial charge in [-0.3, -0.25) is 9.59 Å². The molecule has 7 nitrogen and oxygen atoms in total. The number of carbonyl (C=O) groups excluding carboxylic acids is 3. The Bertz CT molecular complexity index is 1110. The lowest BCUT2D eigenvalue weighted by Crippen LogP contribution is -2.54. The minimum atomic E-state index is -5.06. The third-order valence-corrected chi connectivity index (χ3v) is 4.94. The van der Waals surface area contributed by atoms with Crippen LogP contribution in [0.15, 0.2) is 53.6 Å². The molecule has 0 saturated heterocycles. The van der Waals surface area contributed by atoms with Gasteiger partial charge in [-0.1, -0.05) is 41.9 Å². The zero-order chi connectivity index (χ0) is 26.3. The summed E-state index contributed by atoms with van der Waals surface area (Å²) >= 11 is 6.38. The zero-order valence-electron chi connectivity index (χ0n) is 18.8. The average Bonchev–Trinajstić information content (AvgIpc) is 2.80. The number of amides is 3. The van der Waals surface area contributed by atoms with Crippen LogP contribution in [-0.4, -0.2) is 56.1 Å². The van der Waals surface area contributed by atoms with Gasteiger partial charge in [0.15, 0.2) is 12.1 Å². The quantitative estimate of drug-likeness (QED) is 0.545. The van der Waals surface area contributed by atoms with E-state index in [1.54, 1.807) is 30.3 Å². The summed E-state index contributed by atoms with van der Waals surface area (Å²) in [5.74, 6) is -3.48. The summed E-state index contributed by atoms with van der Waals surface area (Å²) < 4.78 is 59.0. The molecule has 2 rings (SSSR count). The Morgan fingerprint density at radius 3 is 2.26 bits per heavy atom. The lowest BCUT2D eigenvalue weighted by molar-refractivity contribution is -0.138. The van der Waals surface area contributed by atoms with Crippen LogP contribution in [0.25, 0.3) is 6.08 Å². The molecule has 2 atom stereocenters. The normalized spacial score (nSPS) is 13.4. The molecular formula is C23H22ClF4N3O4. The van der Waals surface area contributed by atoms with E-state index in [1.807, 2.05) is 0 Å². The Balaban J connectivity index is 2.53. The number of likely N-dealkylation sites (N-methyl/N-ethyl adjacent to an activating group) is 1. The fourth-order valence-electron chi connectivity index (χ4n) is 2.89. The second-order valence-electron chi connectivity index (χ2n) is 7.39. The first kappa shape index (κ1) is 27.6. The number of hydrogen-bond donors (Lipinski definition) is 2. The maximum absolute atomic E-state index is 13.5. The summed E-state index contributed by atoms with van der Waals surface area (Å²) in [7, 11) is 3.92. The molecule has 0 aromatic heterocycles. The van der Waals surface area contributed by atoms with Crippen molar-refractivity contribution in [3.8, 4) is 0 Å². The van der Waals surface area contributed by atoms with Crippen LogP contribution in [0.3, 0.4) is 0 Å². The largest absolute Gasteiger partial charge is 0.437 e. The van der Waals surface area contributed by atoms with Gasteiger partial charge in [0.25, 0.3) is 5.91 Å². The van der Waals surface area contributed by atoms with Gasteiger partial charge in [0.2, 0.25) is 5.91 Å². The van der Waals surface area contributed by atoms with E-state index in [9.17, 15) is 31.9 Å². The van der Waals surface area contributed by atoms with E-state index >= 15 is 0 Å². The molecule has 0 aliphatic carbocycles. The highest BCUT2D eigenvalue weighted by Gasteiger charge is 2.39. The van der Waals surface area contributed by atoms with Crippen LogP contribution < -0.4 is 10.6 Å². The Morgan fingerprint density at radius 1 is 1.09 bits per heavy atom. The number of benzene rings is 2. The monoisotopic (exact) mass is 515 g/mol. The number of hydrogen-bond acceptors (Lipinski definition) is 4. The number of rotatable bonds is 7. The molecule has 3 amide bonds. The molecule has 35 heavy (non-hydrogen) atoms. The predicted molar refractivity (Wildman–Crippen MR) is 121 cm³/mol. The predicted octanol–water partition coefficient (Wildman–Crippen LogP) is 4.04. The van der Waals surface area contributed by atoms with E-state index in [0.29, 0.717) is 17.7 Å². The van der Waals surface area contributed by atoms with Crippen molar-refractivity contribution in [2.45, 2.75) is 18.3 Å². The molecule has 2 N–H and O–H groups in total. The highest BCUT2D eigenvalue weighted by molar-refractivity contribution is 6.32. The van der Waals surface area contributed by atoms with Gasteiger partial charge < -0.3 is 20.3 Å². The summed E-state index contributed by atoms with van der Waals surface area (Å²) in [6.45, 7) is 0. The smallest absolute Gasteiger partial charge is 0.417 e. The molecule has 0 aliphatic rings. The lowest BCUT2D eigenvalue weighted by Gasteiger charge is -2.28. The van der Waals surface area contributed by atoms with E-state index in [0.717, 1.165) is 4.90 Å². The average molecular weight is 516 g/mol. The molecular weight excluding hydrogens is 494 g/mol. The van der Waals surface area contributed by atoms with E-state index in [1.165, 1.54) is 27.2 Å². The third kappa shape index (κ3) is 7.44. The number of halogens is 5. The molecule has 0 spiro atoms. The number of ether oxygens (including phenoxy) is 1. The number of alkyl halides is 3. The van der Waals surface area contributed by atoms with Crippen LogP contribution in [0, 0.1) is 5.82 Å². The molecule has 0 bridgehead atoms. The fraction of sp³-hybridized carbons (Fsp3) is 0.261. The van der Waals surface area contributed by atoms with Gasteiger partial charge in [-0.2, -0.15) is 13.2 Å². The number of nitrogens with zero attached hydrogens (tertiary/aromatic N) is 1. The lowest BCUT2D eigenvalue weighted by atomic mass is 10.0. The van der Waals surface area contributed by atoms with E-state index < -0.39 is 53.2 Å². The van der Waals surface area contributed by atoms with Crippen LogP contribution in [0.1, 0.15) is 21.5 Å². The van der Waals surface area contributed by atoms with E-state index in [2.05, 4.69) is 10.6 Å². The van der Waals surface area contributed by atoms with Gasteiger partial charge in [0.05, 0.1) is 16.2 Å². The first-order valence-corrected chi connectivity index (χ1v) is 10.4. The number of carbonyl (C=O) groups is 3. The highest BCUT2D eigenvalue weighted by atomic mass is 35.5. The number of nitrogens with one attached hydrogen (secondary N) is 2. The summed E-state index contributed by atoms with van der Waals surface area (Å²) in [5.41, 5.74) is -1.92. The molecule has 188 valence electrons. The van der Waals surface area contributed by atoms with Crippen LogP contribution in [0.2, 0.25) is 0 Å². The molecule has 2 aromatic rings. The van der Waals surface area contributed by atoms with Gasteiger partial charge in [-0.15, -0.1) is 0 Å². The summed E-state index contributed by atoms with van der Waals surface area (Å²) in [4.78, 5) is 38.8. The second kappa shape index (κ2) is 11.7. The van der Waals surface area contributed by atoms with Gasteiger partial charge in [-0.25, -0.2) is 9.18 Å². The Hall–Kier alpha value is -3.60. The van der Waals surface area contributed by atoms with Crippen LogP contribution in [-0.2, 0) is 15.7 Å². The minimum absolute atomic E-state index is 0.162. The topological polar surface area (TPSA) is 87.7 Å². The van der Waals surface area contributed by atoms with Crippen molar-refractivity contribution in [3.05, 3.63) is 76.1 Å².